The number of rotatable bonds is 9. The highest BCUT2D eigenvalue weighted by Gasteiger charge is 2.20. The van der Waals surface area contributed by atoms with Gasteiger partial charge in [-0.25, -0.2) is 8.42 Å². The Bertz CT molecular complexity index is 1300. The monoisotopic (exact) mass is 498 g/mol. The summed E-state index contributed by atoms with van der Waals surface area (Å²) < 4.78 is 44.8. The molecule has 1 heterocycles. The molecule has 0 aromatic heterocycles. The van der Waals surface area contributed by atoms with Crippen LogP contribution in [0, 0.1) is 0 Å². The smallest absolute Gasteiger partial charge is 0.262 e. The quantitative estimate of drug-likeness (QED) is 0.381. The predicted octanol–water partition coefficient (Wildman–Crippen LogP) is 4.01. The summed E-state index contributed by atoms with van der Waals surface area (Å²) in [6.07, 6.45) is 1.98. The number of phenolic OH excluding ortho intramolecular Hbond substituents is 1. The highest BCUT2D eigenvalue weighted by Crippen LogP contribution is 2.30. The van der Waals surface area contributed by atoms with Crippen LogP contribution < -0.4 is 19.5 Å². The van der Waals surface area contributed by atoms with Gasteiger partial charge in [-0.2, -0.15) is 0 Å². The van der Waals surface area contributed by atoms with Crippen LogP contribution in [0.4, 0.5) is 11.4 Å². The average molecular weight is 499 g/mol. The number of carbonyl (C=O) groups is 1. The van der Waals surface area contributed by atoms with E-state index in [4.69, 9.17) is 14.2 Å². The van der Waals surface area contributed by atoms with Crippen molar-refractivity contribution in [2.45, 2.75) is 23.8 Å². The number of sulfonamides is 1. The third-order valence-corrected chi connectivity index (χ3v) is 6.80. The lowest BCUT2D eigenvalue weighted by Gasteiger charge is -2.14. The summed E-state index contributed by atoms with van der Waals surface area (Å²) in [6.45, 7) is 1.12. The van der Waals surface area contributed by atoms with E-state index < -0.39 is 15.9 Å². The lowest BCUT2D eigenvalue weighted by molar-refractivity contribution is 0.0679. The number of hydrogen-bond acceptors (Lipinski definition) is 7. The van der Waals surface area contributed by atoms with Crippen molar-refractivity contribution in [3.05, 3.63) is 72.3 Å². The van der Waals surface area contributed by atoms with Crippen LogP contribution in [-0.4, -0.2) is 45.9 Å². The Morgan fingerprint density at radius 2 is 1.91 bits per heavy atom. The van der Waals surface area contributed by atoms with Crippen LogP contribution in [0.1, 0.15) is 23.2 Å². The van der Waals surface area contributed by atoms with Gasteiger partial charge in [0.25, 0.3) is 15.9 Å². The normalized spacial score (nSPS) is 15.4. The molecule has 1 fully saturated rings. The molecule has 3 aromatic carbocycles. The second-order valence-corrected chi connectivity index (χ2v) is 9.60. The first-order chi connectivity index (χ1) is 16.9. The minimum Gasteiger partial charge on any atom is -0.506 e. The van der Waals surface area contributed by atoms with E-state index in [0.29, 0.717) is 18.1 Å². The summed E-state index contributed by atoms with van der Waals surface area (Å²) >= 11 is 0. The van der Waals surface area contributed by atoms with E-state index in [-0.39, 0.29) is 33.7 Å². The molecule has 9 nitrogen and oxygen atoms in total. The second kappa shape index (κ2) is 10.7. The van der Waals surface area contributed by atoms with Crippen molar-refractivity contribution >= 4 is 27.3 Å². The highest BCUT2D eigenvalue weighted by atomic mass is 32.2. The maximum Gasteiger partial charge on any atom is 0.262 e. The molecule has 1 atom stereocenters. The molecule has 0 saturated carbocycles. The number of phenols is 1. The van der Waals surface area contributed by atoms with Crippen molar-refractivity contribution in [1.29, 1.82) is 0 Å². The molecular formula is C25H26N2O7S. The van der Waals surface area contributed by atoms with E-state index in [0.717, 1.165) is 19.4 Å². The van der Waals surface area contributed by atoms with Gasteiger partial charge < -0.3 is 24.6 Å². The molecule has 1 aliphatic rings. The Morgan fingerprint density at radius 1 is 1.09 bits per heavy atom. The van der Waals surface area contributed by atoms with E-state index in [2.05, 4.69) is 10.0 Å². The summed E-state index contributed by atoms with van der Waals surface area (Å²) in [5.74, 6) is 0.0511. The summed E-state index contributed by atoms with van der Waals surface area (Å²) in [4.78, 5) is 12.7. The van der Waals surface area contributed by atoms with Gasteiger partial charge in [-0.15, -0.1) is 0 Å². The van der Waals surface area contributed by atoms with Crippen molar-refractivity contribution in [1.82, 2.24) is 0 Å². The van der Waals surface area contributed by atoms with Crippen molar-refractivity contribution in [2.75, 3.05) is 30.4 Å². The van der Waals surface area contributed by atoms with Gasteiger partial charge >= 0.3 is 0 Å². The van der Waals surface area contributed by atoms with Gasteiger partial charge in [0.15, 0.2) is 0 Å². The SMILES string of the molecule is COc1ccccc1NS(=O)(=O)c1ccc(O)c(NC(=O)c2cccc(OCC3CCCO3)c2)c1. The minimum absolute atomic E-state index is 0.0404. The fourth-order valence-corrected chi connectivity index (χ4v) is 4.70. The van der Waals surface area contributed by atoms with Crippen LogP contribution in [0.15, 0.2) is 71.6 Å². The van der Waals surface area contributed by atoms with Gasteiger partial charge in [0.2, 0.25) is 0 Å². The number of amides is 1. The van der Waals surface area contributed by atoms with E-state index in [1.807, 2.05) is 0 Å². The molecule has 184 valence electrons. The highest BCUT2D eigenvalue weighted by molar-refractivity contribution is 7.92. The molecule has 3 aromatic rings. The second-order valence-electron chi connectivity index (χ2n) is 7.91. The zero-order valence-corrected chi connectivity index (χ0v) is 19.9. The van der Waals surface area contributed by atoms with Crippen LogP contribution in [0.2, 0.25) is 0 Å². The van der Waals surface area contributed by atoms with Crippen LogP contribution in [-0.2, 0) is 14.8 Å². The van der Waals surface area contributed by atoms with Crippen LogP contribution in [0.3, 0.4) is 0 Å². The van der Waals surface area contributed by atoms with Gasteiger partial charge in [-0.05, 0) is 61.4 Å². The van der Waals surface area contributed by atoms with Crippen molar-refractivity contribution in [3.8, 4) is 17.2 Å². The Labute approximate surface area is 203 Å². The number of hydrogen-bond donors (Lipinski definition) is 3. The summed E-state index contributed by atoms with van der Waals surface area (Å²) in [7, 11) is -2.60. The summed E-state index contributed by atoms with van der Waals surface area (Å²) in [6, 6.07) is 16.8. The molecular weight excluding hydrogens is 472 g/mol. The van der Waals surface area contributed by atoms with Gasteiger partial charge in [0.05, 0.1) is 29.5 Å². The van der Waals surface area contributed by atoms with Crippen LogP contribution >= 0.6 is 0 Å². The Hall–Kier alpha value is -3.76. The van der Waals surface area contributed by atoms with Gasteiger partial charge in [0.1, 0.15) is 23.9 Å². The van der Waals surface area contributed by atoms with E-state index in [1.165, 1.54) is 25.3 Å². The Kier molecular flexibility index (Phi) is 7.42. The molecule has 0 bridgehead atoms. The maximum atomic E-state index is 12.9. The van der Waals surface area contributed by atoms with Crippen LogP contribution in [0.25, 0.3) is 0 Å². The zero-order chi connectivity index (χ0) is 24.8. The molecule has 0 aliphatic carbocycles. The lowest BCUT2D eigenvalue weighted by atomic mass is 10.2. The van der Waals surface area contributed by atoms with Crippen molar-refractivity contribution in [3.63, 3.8) is 0 Å². The average Bonchev–Trinajstić information content (AvgIpc) is 3.38. The number of nitrogens with one attached hydrogen (secondary N) is 2. The number of methoxy groups -OCH3 is 1. The number of benzene rings is 3. The first-order valence-corrected chi connectivity index (χ1v) is 12.5. The van der Waals surface area contributed by atoms with Gasteiger partial charge in [-0.3, -0.25) is 9.52 Å². The molecule has 0 spiro atoms. The number of anilines is 2. The minimum atomic E-state index is -4.03. The standard InChI is InChI=1S/C25H26N2O7S/c1-32-24-10-3-2-9-21(24)27-35(30,31)20-11-12-23(28)22(15-20)26-25(29)17-6-4-7-18(14-17)34-16-19-8-5-13-33-19/h2-4,6-7,9-12,14-15,19,27-28H,5,8,13,16H2,1H3,(H,26,29). The maximum absolute atomic E-state index is 12.9. The van der Waals surface area contributed by atoms with Crippen molar-refractivity contribution < 1.29 is 32.5 Å². The fraction of sp³-hybridized carbons (Fsp3) is 0.240. The Balaban J connectivity index is 1.49. The molecule has 1 aliphatic heterocycles. The number of para-hydroxylation sites is 2. The first-order valence-electron chi connectivity index (χ1n) is 11.0. The lowest BCUT2D eigenvalue weighted by Crippen LogP contribution is -2.17. The van der Waals surface area contributed by atoms with Crippen molar-refractivity contribution in [2.24, 2.45) is 0 Å². The number of carbonyl (C=O) groups excluding carboxylic acids is 1. The largest absolute Gasteiger partial charge is 0.506 e. The summed E-state index contributed by atoms with van der Waals surface area (Å²) in [5, 5.41) is 12.8. The molecule has 3 N–H and O–H groups in total. The molecule has 1 amide bonds. The topological polar surface area (TPSA) is 123 Å². The fourth-order valence-electron chi connectivity index (χ4n) is 3.60. The molecule has 1 saturated heterocycles. The van der Waals surface area contributed by atoms with E-state index in [9.17, 15) is 18.3 Å². The Morgan fingerprint density at radius 3 is 2.69 bits per heavy atom. The molecule has 1 unspecified atom stereocenters. The van der Waals surface area contributed by atoms with E-state index in [1.54, 1.807) is 48.5 Å². The van der Waals surface area contributed by atoms with Gasteiger partial charge in [-0.1, -0.05) is 18.2 Å². The van der Waals surface area contributed by atoms with Gasteiger partial charge in [0, 0.05) is 12.2 Å². The molecule has 4 rings (SSSR count). The predicted molar refractivity (Wildman–Crippen MR) is 131 cm³/mol. The molecule has 10 heteroatoms. The molecule has 35 heavy (non-hydrogen) atoms. The number of aromatic hydroxyl groups is 1. The number of ether oxygens (including phenoxy) is 3. The van der Waals surface area contributed by atoms with E-state index >= 15 is 0 Å². The zero-order valence-electron chi connectivity index (χ0n) is 19.1. The summed E-state index contributed by atoms with van der Waals surface area (Å²) in [5.41, 5.74) is 0.492. The van der Waals surface area contributed by atoms with Crippen LogP contribution in [0.5, 0.6) is 17.2 Å². The first kappa shape index (κ1) is 24.4. The third-order valence-electron chi connectivity index (χ3n) is 5.43. The third kappa shape index (κ3) is 6.03. The molecule has 0 radical (unpaired) electrons.